The van der Waals surface area contributed by atoms with Crippen molar-refractivity contribution in [3.63, 3.8) is 0 Å². The van der Waals surface area contributed by atoms with Gasteiger partial charge in [-0.3, -0.25) is 5.10 Å². The van der Waals surface area contributed by atoms with Crippen LogP contribution in [0.3, 0.4) is 0 Å². The van der Waals surface area contributed by atoms with Gasteiger partial charge in [-0.1, -0.05) is 78.5 Å². The highest BCUT2D eigenvalue weighted by atomic mass is 32.2. The number of thioether (sulfide) groups is 1. The van der Waals surface area contributed by atoms with Gasteiger partial charge in [0.25, 0.3) is 0 Å². The summed E-state index contributed by atoms with van der Waals surface area (Å²) >= 11 is 1.65. The zero-order chi connectivity index (χ0) is 24.5. The monoisotopic (exact) mass is 488 g/mol. The fourth-order valence-corrected chi connectivity index (χ4v) is 5.24. The summed E-state index contributed by atoms with van der Waals surface area (Å²) in [6.07, 6.45) is 0. The number of hydrogen-bond donors (Lipinski definition) is 2. The Morgan fingerprint density at radius 1 is 0.750 bits per heavy atom. The zero-order valence-corrected chi connectivity index (χ0v) is 20.8. The second-order valence-electron chi connectivity index (χ2n) is 8.71. The maximum atomic E-state index is 4.89. The van der Waals surface area contributed by atoms with E-state index in [0.29, 0.717) is 0 Å². The molecule has 0 saturated heterocycles. The molecule has 2 N–H and O–H groups in total. The first-order valence-electron chi connectivity index (χ1n) is 11.8. The lowest BCUT2D eigenvalue weighted by molar-refractivity contribution is 0.902. The number of imidazole rings is 1. The molecule has 6 nitrogen and oxygen atoms in total. The van der Waals surface area contributed by atoms with Gasteiger partial charge in [0.05, 0.1) is 22.3 Å². The Labute approximate surface area is 213 Å². The molecular weight excluding hydrogens is 464 g/mol. The van der Waals surface area contributed by atoms with Gasteiger partial charge in [0.1, 0.15) is 11.5 Å². The van der Waals surface area contributed by atoms with E-state index in [2.05, 4.69) is 56.4 Å². The van der Waals surface area contributed by atoms with Crippen LogP contribution in [0.1, 0.15) is 17.0 Å². The number of hydrogen-bond acceptors (Lipinski definition) is 5. The SMILES string of the molecule is Cc1cc(C)nc(SCc2ccc(-c3[nH]nc(-c4ccccc4)c3-c3nc4ccccc4[nH]3)cc2)n1. The normalized spacial score (nSPS) is 11.3. The van der Waals surface area contributed by atoms with Gasteiger partial charge in [-0.25, -0.2) is 15.0 Å². The van der Waals surface area contributed by atoms with Gasteiger partial charge in [-0.05, 0) is 37.6 Å². The Balaban J connectivity index is 1.35. The summed E-state index contributed by atoms with van der Waals surface area (Å²) in [5.74, 6) is 1.60. The number of para-hydroxylation sites is 2. The van der Waals surface area contributed by atoms with Crippen LogP contribution in [0.15, 0.2) is 90.1 Å². The fraction of sp³-hybridized carbons (Fsp3) is 0.103. The van der Waals surface area contributed by atoms with Gasteiger partial charge in [0.15, 0.2) is 5.16 Å². The Bertz CT molecular complexity index is 1600. The first-order chi connectivity index (χ1) is 17.6. The van der Waals surface area contributed by atoms with Gasteiger partial charge in [-0.2, -0.15) is 5.10 Å². The van der Waals surface area contributed by atoms with Crippen LogP contribution >= 0.6 is 11.8 Å². The van der Waals surface area contributed by atoms with Crippen LogP contribution in [0, 0.1) is 13.8 Å². The van der Waals surface area contributed by atoms with Crippen molar-refractivity contribution >= 4 is 22.8 Å². The summed E-state index contributed by atoms with van der Waals surface area (Å²) in [4.78, 5) is 17.5. The summed E-state index contributed by atoms with van der Waals surface area (Å²) in [6.45, 7) is 4.00. The average molecular weight is 489 g/mol. The summed E-state index contributed by atoms with van der Waals surface area (Å²) in [6, 6.07) is 28.8. The molecule has 0 aliphatic rings. The van der Waals surface area contributed by atoms with E-state index < -0.39 is 0 Å². The number of H-pyrrole nitrogens is 2. The first kappa shape index (κ1) is 22.2. The van der Waals surface area contributed by atoms with Gasteiger partial charge in [0, 0.05) is 28.3 Å². The van der Waals surface area contributed by atoms with Gasteiger partial charge in [-0.15, -0.1) is 0 Å². The van der Waals surface area contributed by atoms with E-state index in [1.165, 1.54) is 5.56 Å². The lowest BCUT2D eigenvalue weighted by Crippen LogP contribution is -1.93. The van der Waals surface area contributed by atoms with E-state index in [1.807, 2.05) is 62.4 Å². The van der Waals surface area contributed by atoms with Crippen molar-refractivity contribution in [2.24, 2.45) is 0 Å². The minimum Gasteiger partial charge on any atom is -0.338 e. The van der Waals surface area contributed by atoms with Crippen molar-refractivity contribution in [3.05, 3.63) is 102 Å². The molecule has 36 heavy (non-hydrogen) atoms. The molecular formula is C29H24N6S. The van der Waals surface area contributed by atoms with Crippen molar-refractivity contribution in [2.45, 2.75) is 24.8 Å². The zero-order valence-electron chi connectivity index (χ0n) is 20.0. The Morgan fingerprint density at radius 3 is 2.22 bits per heavy atom. The summed E-state index contributed by atoms with van der Waals surface area (Å²) in [5, 5.41) is 8.82. The molecule has 3 aromatic heterocycles. The van der Waals surface area contributed by atoms with Crippen LogP contribution in [0.2, 0.25) is 0 Å². The molecule has 0 atom stereocenters. The molecule has 6 aromatic rings. The van der Waals surface area contributed by atoms with Crippen molar-refractivity contribution in [1.29, 1.82) is 0 Å². The lowest BCUT2D eigenvalue weighted by atomic mass is 10.0. The largest absolute Gasteiger partial charge is 0.338 e. The molecule has 0 aliphatic heterocycles. The van der Waals surface area contributed by atoms with Crippen LogP contribution in [-0.4, -0.2) is 30.1 Å². The first-order valence-corrected chi connectivity index (χ1v) is 12.8. The molecule has 0 amide bonds. The molecule has 7 heteroatoms. The van der Waals surface area contributed by atoms with Crippen molar-refractivity contribution in [2.75, 3.05) is 0 Å². The van der Waals surface area contributed by atoms with E-state index in [0.717, 1.165) is 67.2 Å². The Hall–Kier alpha value is -4.23. The smallest absolute Gasteiger partial charge is 0.188 e. The molecule has 0 saturated carbocycles. The van der Waals surface area contributed by atoms with Crippen molar-refractivity contribution < 1.29 is 0 Å². The molecule has 0 bridgehead atoms. The molecule has 0 fully saturated rings. The molecule has 0 radical (unpaired) electrons. The summed E-state index contributed by atoms with van der Waals surface area (Å²) in [5.41, 5.74) is 9.98. The topological polar surface area (TPSA) is 83.1 Å². The molecule has 3 aromatic carbocycles. The second kappa shape index (κ2) is 9.43. The van der Waals surface area contributed by atoms with Crippen LogP contribution in [0.25, 0.3) is 44.9 Å². The fourth-order valence-electron chi connectivity index (χ4n) is 4.33. The van der Waals surface area contributed by atoms with E-state index in [-0.39, 0.29) is 0 Å². The van der Waals surface area contributed by atoms with Crippen LogP contribution < -0.4 is 0 Å². The number of rotatable bonds is 6. The Morgan fingerprint density at radius 2 is 1.47 bits per heavy atom. The molecule has 0 unspecified atom stereocenters. The summed E-state index contributed by atoms with van der Waals surface area (Å²) in [7, 11) is 0. The number of aromatic nitrogens is 6. The number of nitrogens with one attached hydrogen (secondary N) is 2. The highest BCUT2D eigenvalue weighted by Gasteiger charge is 2.21. The molecule has 6 rings (SSSR count). The number of benzene rings is 3. The third-order valence-electron chi connectivity index (χ3n) is 6.01. The highest BCUT2D eigenvalue weighted by molar-refractivity contribution is 7.98. The summed E-state index contributed by atoms with van der Waals surface area (Å²) < 4.78 is 0. The predicted octanol–water partition coefficient (Wildman–Crippen LogP) is 6.99. The second-order valence-corrected chi connectivity index (χ2v) is 9.65. The predicted molar refractivity (Wildman–Crippen MR) is 146 cm³/mol. The maximum absolute atomic E-state index is 4.89. The number of aryl methyl sites for hydroxylation is 2. The number of fused-ring (bicyclic) bond motifs is 1. The number of nitrogens with zero attached hydrogens (tertiary/aromatic N) is 4. The molecule has 0 spiro atoms. The minimum absolute atomic E-state index is 0.797. The van der Waals surface area contributed by atoms with Crippen LogP contribution in [-0.2, 0) is 5.75 Å². The highest BCUT2D eigenvalue weighted by Crippen LogP contribution is 2.38. The number of aromatic amines is 2. The van der Waals surface area contributed by atoms with Gasteiger partial charge >= 0.3 is 0 Å². The van der Waals surface area contributed by atoms with E-state index in [9.17, 15) is 0 Å². The lowest BCUT2D eigenvalue weighted by Gasteiger charge is -2.06. The third-order valence-corrected chi connectivity index (χ3v) is 6.93. The Kier molecular flexibility index (Phi) is 5.83. The molecule has 3 heterocycles. The van der Waals surface area contributed by atoms with Gasteiger partial charge in [0.2, 0.25) is 0 Å². The van der Waals surface area contributed by atoms with E-state index >= 15 is 0 Å². The standard InChI is InChI=1S/C29H24N6S/c1-18-16-19(2)31-29(30-18)36-17-20-12-14-22(15-13-20)27-25(26(34-35-27)21-8-4-3-5-9-21)28-32-23-10-6-7-11-24(23)33-28/h3-16H,17H2,1-2H3,(H,32,33)(H,34,35). The van der Waals surface area contributed by atoms with Gasteiger partial charge < -0.3 is 4.98 Å². The van der Waals surface area contributed by atoms with Crippen LogP contribution in [0.4, 0.5) is 0 Å². The minimum atomic E-state index is 0.797. The quantitative estimate of drug-likeness (QED) is 0.195. The van der Waals surface area contributed by atoms with E-state index in [1.54, 1.807) is 11.8 Å². The average Bonchev–Trinajstić information content (AvgIpc) is 3.52. The van der Waals surface area contributed by atoms with Crippen molar-refractivity contribution in [1.82, 2.24) is 30.1 Å². The van der Waals surface area contributed by atoms with Crippen molar-refractivity contribution in [3.8, 4) is 33.9 Å². The van der Waals surface area contributed by atoms with E-state index in [4.69, 9.17) is 10.1 Å². The molecule has 176 valence electrons. The molecule has 0 aliphatic carbocycles. The van der Waals surface area contributed by atoms with Crippen LogP contribution in [0.5, 0.6) is 0 Å². The third kappa shape index (κ3) is 4.41. The maximum Gasteiger partial charge on any atom is 0.188 e.